The molecule has 1 aliphatic rings. The van der Waals surface area contributed by atoms with E-state index in [1.807, 2.05) is 0 Å². The fourth-order valence-electron chi connectivity index (χ4n) is 2.61. The third-order valence-corrected chi connectivity index (χ3v) is 5.04. The Hall–Kier alpha value is -0.470. The molecule has 0 spiro atoms. The van der Waals surface area contributed by atoms with Gasteiger partial charge < -0.3 is 5.32 Å². The van der Waals surface area contributed by atoms with E-state index in [1.54, 1.807) is 0 Å². The molecule has 18 heavy (non-hydrogen) atoms. The van der Waals surface area contributed by atoms with Gasteiger partial charge in [-0.15, -0.1) is 11.8 Å². The first-order chi connectivity index (χ1) is 8.56. The highest BCUT2D eigenvalue weighted by Crippen LogP contribution is 2.45. The topological polar surface area (TPSA) is 12.0 Å². The van der Waals surface area contributed by atoms with E-state index in [9.17, 15) is 0 Å². The molecule has 2 heteroatoms. The van der Waals surface area contributed by atoms with Gasteiger partial charge in [-0.2, -0.15) is 0 Å². The second-order valence-corrected chi connectivity index (χ2v) is 8.12. The van der Waals surface area contributed by atoms with Crippen LogP contribution in [0.5, 0.6) is 0 Å². The summed E-state index contributed by atoms with van der Waals surface area (Å²) in [5.74, 6) is 0.817. The summed E-state index contributed by atoms with van der Waals surface area (Å²) < 4.78 is 0.325. The van der Waals surface area contributed by atoms with Gasteiger partial charge >= 0.3 is 0 Å². The second kappa shape index (κ2) is 6.12. The molecule has 1 aromatic rings. The first-order valence-corrected chi connectivity index (χ1v) is 7.88. The van der Waals surface area contributed by atoms with Crippen LogP contribution in [0.4, 0.5) is 0 Å². The number of nitrogens with one attached hydrogen (secondary N) is 1. The molecule has 0 bridgehead atoms. The Morgan fingerprint density at radius 2 is 1.72 bits per heavy atom. The lowest BCUT2D eigenvalue weighted by atomic mass is 9.90. The third kappa shape index (κ3) is 4.03. The van der Waals surface area contributed by atoms with Crippen LogP contribution in [0, 0.1) is 5.92 Å². The van der Waals surface area contributed by atoms with Crippen LogP contribution in [0.1, 0.15) is 44.4 Å². The fourth-order valence-corrected chi connectivity index (χ4v) is 4.13. The molecule has 0 radical (unpaired) electrons. The maximum atomic E-state index is 3.47. The van der Waals surface area contributed by atoms with Crippen molar-refractivity contribution in [3.05, 3.63) is 35.9 Å². The van der Waals surface area contributed by atoms with E-state index in [2.05, 4.69) is 68.2 Å². The summed E-state index contributed by atoms with van der Waals surface area (Å²) in [6.45, 7) is 9.34. The SMILES string of the molecule is CC(C)(C)SC(c1ccccc1)C1CCNCC1. The lowest BCUT2D eigenvalue weighted by Crippen LogP contribution is -2.31. The van der Waals surface area contributed by atoms with Gasteiger partial charge in [0.2, 0.25) is 0 Å². The Morgan fingerprint density at radius 3 is 2.28 bits per heavy atom. The molecule has 100 valence electrons. The maximum Gasteiger partial charge on any atom is 0.0331 e. The first-order valence-electron chi connectivity index (χ1n) is 7.00. The number of piperidine rings is 1. The van der Waals surface area contributed by atoms with Crippen LogP contribution in [0.2, 0.25) is 0 Å². The minimum Gasteiger partial charge on any atom is -0.317 e. The van der Waals surface area contributed by atoms with Crippen molar-refractivity contribution in [3.8, 4) is 0 Å². The normalized spacial score (nSPS) is 19.7. The molecule has 1 nitrogen and oxygen atoms in total. The van der Waals surface area contributed by atoms with Gasteiger partial charge in [-0.1, -0.05) is 51.1 Å². The van der Waals surface area contributed by atoms with Crippen LogP contribution in [-0.4, -0.2) is 17.8 Å². The second-order valence-electron chi connectivity index (χ2n) is 6.15. The van der Waals surface area contributed by atoms with Gasteiger partial charge in [0.15, 0.2) is 0 Å². The van der Waals surface area contributed by atoms with Crippen molar-refractivity contribution in [2.45, 2.75) is 43.6 Å². The monoisotopic (exact) mass is 263 g/mol. The van der Waals surface area contributed by atoms with Crippen LogP contribution < -0.4 is 5.32 Å². The van der Waals surface area contributed by atoms with Gasteiger partial charge in [0.25, 0.3) is 0 Å². The summed E-state index contributed by atoms with van der Waals surface area (Å²) in [6.07, 6.45) is 2.62. The highest BCUT2D eigenvalue weighted by atomic mass is 32.2. The molecule has 1 aromatic carbocycles. The molecule has 0 aliphatic carbocycles. The molecule has 1 N–H and O–H groups in total. The molecule has 1 saturated heterocycles. The van der Waals surface area contributed by atoms with Crippen LogP contribution in [0.25, 0.3) is 0 Å². The van der Waals surface area contributed by atoms with Crippen molar-refractivity contribution in [1.82, 2.24) is 5.32 Å². The Morgan fingerprint density at radius 1 is 1.11 bits per heavy atom. The molecule has 0 saturated carbocycles. The minimum atomic E-state index is 0.325. The molecular weight excluding hydrogens is 238 g/mol. The zero-order chi connectivity index (χ0) is 13.0. The van der Waals surface area contributed by atoms with Crippen molar-refractivity contribution < 1.29 is 0 Å². The number of benzene rings is 1. The van der Waals surface area contributed by atoms with E-state index in [1.165, 1.54) is 31.5 Å². The summed E-state index contributed by atoms with van der Waals surface area (Å²) in [6, 6.07) is 11.1. The highest BCUT2D eigenvalue weighted by molar-refractivity contribution is 8.00. The zero-order valence-corrected chi connectivity index (χ0v) is 12.6. The van der Waals surface area contributed by atoms with Gasteiger partial charge in [0.05, 0.1) is 0 Å². The number of hydrogen-bond donors (Lipinski definition) is 1. The lowest BCUT2D eigenvalue weighted by Gasteiger charge is -2.34. The van der Waals surface area contributed by atoms with Gasteiger partial charge in [0.1, 0.15) is 0 Å². The minimum absolute atomic E-state index is 0.325. The largest absolute Gasteiger partial charge is 0.317 e. The van der Waals surface area contributed by atoms with E-state index < -0.39 is 0 Å². The average molecular weight is 263 g/mol. The first kappa shape index (κ1) is 14.0. The molecule has 1 atom stereocenters. The van der Waals surface area contributed by atoms with E-state index in [4.69, 9.17) is 0 Å². The quantitative estimate of drug-likeness (QED) is 0.874. The van der Waals surface area contributed by atoms with E-state index in [-0.39, 0.29) is 0 Å². The van der Waals surface area contributed by atoms with Gasteiger partial charge in [-0.05, 0) is 37.4 Å². The summed E-state index contributed by atoms with van der Waals surface area (Å²) in [5.41, 5.74) is 1.50. The molecule has 1 aliphatic heterocycles. The van der Waals surface area contributed by atoms with Crippen molar-refractivity contribution in [1.29, 1.82) is 0 Å². The third-order valence-electron chi connectivity index (χ3n) is 3.42. The molecule has 1 fully saturated rings. The van der Waals surface area contributed by atoms with Crippen LogP contribution >= 0.6 is 11.8 Å². The number of hydrogen-bond acceptors (Lipinski definition) is 2. The molecule has 0 amide bonds. The summed E-state index contributed by atoms with van der Waals surface area (Å²) in [4.78, 5) is 0. The van der Waals surface area contributed by atoms with Gasteiger partial charge in [0, 0.05) is 10.00 Å². The van der Waals surface area contributed by atoms with Crippen molar-refractivity contribution >= 4 is 11.8 Å². The molecule has 1 unspecified atom stereocenters. The van der Waals surface area contributed by atoms with Crippen molar-refractivity contribution in [2.75, 3.05) is 13.1 Å². The fraction of sp³-hybridized carbons (Fsp3) is 0.625. The Balaban J connectivity index is 2.17. The average Bonchev–Trinajstić information content (AvgIpc) is 2.37. The predicted octanol–water partition coefficient (Wildman–Crippen LogP) is 4.26. The van der Waals surface area contributed by atoms with Crippen LogP contribution in [0.15, 0.2) is 30.3 Å². The van der Waals surface area contributed by atoms with Gasteiger partial charge in [-0.25, -0.2) is 0 Å². The smallest absolute Gasteiger partial charge is 0.0331 e. The summed E-state index contributed by atoms with van der Waals surface area (Å²) >= 11 is 2.13. The lowest BCUT2D eigenvalue weighted by molar-refractivity contribution is 0.366. The molecule has 1 heterocycles. The van der Waals surface area contributed by atoms with E-state index >= 15 is 0 Å². The predicted molar refractivity (Wildman–Crippen MR) is 82.1 cm³/mol. The molecular formula is C16H25NS. The Bertz CT molecular complexity index is 349. The van der Waals surface area contributed by atoms with Crippen molar-refractivity contribution in [3.63, 3.8) is 0 Å². The van der Waals surface area contributed by atoms with Crippen LogP contribution in [-0.2, 0) is 0 Å². The molecule has 2 rings (SSSR count). The number of thioether (sulfide) groups is 1. The number of rotatable bonds is 3. The van der Waals surface area contributed by atoms with Crippen LogP contribution in [0.3, 0.4) is 0 Å². The Labute approximate surface area is 116 Å². The maximum absolute atomic E-state index is 3.47. The highest BCUT2D eigenvalue weighted by Gasteiger charge is 2.29. The Kier molecular flexibility index (Phi) is 4.74. The van der Waals surface area contributed by atoms with Gasteiger partial charge in [-0.3, -0.25) is 0 Å². The zero-order valence-electron chi connectivity index (χ0n) is 11.8. The van der Waals surface area contributed by atoms with E-state index in [0.717, 1.165) is 5.92 Å². The summed E-state index contributed by atoms with van der Waals surface area (Å²) in [7, 11) is 0. The van der Waals surface area contributed by atoms with Crippen molar-refractivity contribution in [2.24, 2.45) is 5.92 Å². The molecule has 0 aromatic heterocycles. The van der Waals surface area contributed by atoms with E-state index in [0.29, 0.717) is 10.00 Å². The summed E-state index contributed by atoms with van der Waals surface area (Å²) in [5, 5.41) is 4.12. The standard InChI is InChI=1S/C16H25NS/c1-16(2,3)18-15(13-7-5-4-6-8-13)14-9-11-17-12-10-14/h4-8,14-15,17H,9-12H2,1-3H3.